The predicted octanol–water partition coefficient (Wildman–Crippen LogP) is 3.92. The minimum atomic E-state index is -3.76. The normalized spacial score (nSPS) is 10.7. The number of sulfonamides is 1. The summed E-state index contributed by atoms with van der Waals surface area (Å²) in [5.74, 6) is -0.432. The third-order valence-corrected chi connectivity index (χ3v) is 5.42. The molecule has 6 nitrogen and oxygen atoms in total. The van der Waals surface area contributed by atoms with Crippen LogP contribution in [0.15, 0.2) is 77.7 Å². The average molecular weight is 391 g/mol. The van der Waals surface area contributed by atoms with Crippen LogP contribution in [0.25, 0.3) is 0 Å². The summed E-state index contributed by atoms with van der Waals surface area (Å²) in [6.07, 6.45) is 0. The Bertz CT molecular complexity index is 1150. The van der Waals surface area contributed by atoms with Crippen molar-refractivity contribution < 1.29 is 13.2 Å². The number of rotatable bonds is 5. The van der Waals surface area contributed by atoms with Gasteiger partial charge in [-0.25, -0.2) is 8.42 Å². The van der Waals surface area contributed by atoms with Crippen LogP contribution >= 0.6 is 0 Å². The molecule has 0 heterocycles. The van der Waals surface area contributed by atoms with Crippen molar-refractivity contribution in [2.45, 2.75) is 11.8 Å². The maximum atomic E-state index is 12.5. The molecule has 140 valence electrons. The Kier molecular flexibility index (Phi) is 5.43. The zero-order valence-corrected chi connectivity index (χ0v) is 15.8. The molecule has 0 aliphatic rings. The molecule has 28 heavy (non-hydrogen) atoms. The summed E-state index contributed by atoms with van der Waals surface area (Å²) in [6.45, 7) is 1.91. The molecule has 3 aromatic carbocycles. The molecule has 0 unspecified atom stereocenters. The predicted molar refractivity (Wildman–Crippen MR) is 108 cm³/mol. The Morgan fingerprint density at radius 1 is 0.929 bits per heavy atom. The third-order valence-electron chi connectivity index (χ3n) is 4.03. The van der Waals surface area contributed by atoms with Crippen LogP contribution in [0.3, 0.4) is 0 Å². The molecule has 0 spiro atoms. The molecule has 0 aromatic heterocycles. The van der Waals surface area contributed by atoms with E-state index in [-0.39, 0.29) is 10.5 Å². The SMILES string of the molecule is Cc1ccc(NS(=O)(=O)c2ccc(C(=O)Nc3ccccc3C#N)cc2)cc1. The van der Waals surface area contributed by atoms with Crippen molar-refractivity contribution in [1.82, 2.24) is 0 Å². The van der Waals surface area contributed by atoms with Gasteiger partial charge in [0, 0.05) is 11.3 Å². The highest BCUT2D eigenvalue weighted by atomic mass is 32.2. The lowest BCUT2D eigenvalue weighted by Gasteiger charge is -2.10. The first-order valence-corrected chi connectivity index (χ1v) is 9.87. The van der Waals surface area contributed by atoms with E-state index in [0.717, 1.165) is 5.56 Å². The number of anilines is 2. The van der Waals surface area contributed by atoms with Gasteiger partial charge in [-0.15, -0.1) is 0 Å². The fourth-order valence-corrected chi connectivity index (χ4v) is 3.56. The van der Waals surface area contributed by atoms with Gasteiger partial charge >= 0.3 is 0 Å². The van der Waals surface area contributed by atoms with E-state index in [9.17, 15) is 13.2 Å². The minimum Gasteiger partial charge on any atom is -0.321 e. The van der Waals surface area contributed by atoms with Gasteiger partial charge in [-0.1, -0.05) is 29.8 Å². The van der Waals surface area contributed by atoms with E-state index >= 15 is 0 Å². The fourth-order valence-electron chi connectivity index (χ4n) is 2.51. The van der Waals surface area contributed by atoms with Gasteiger partial charge in [0.05, 0.1) is 16.1 Å². The molecule has 0 bridgehead atoms. The first-order valence-electron chi connectivity index (χ1n) is 8.39. The van der Waals surface area contributed by atoms with Crippen LogP contribution in [0.5, 0.6) is 0 Å². The Morgan fingerprint density at radius 2 is 1.57 bits per heavy atom. The molecule has 3 rings (SSSR count). The Hall–Kier alpha value is -3.63. The van der Waals surface area contributed by atoms with Crippen LogP contribution in [-0.4, -0.2) is 14.3 Å². The summed E-state index contributed by atoms with van der Waals surface area (Å²) in [7, 11) is -3.76. The first-order chi connectivity index (χ1) is 13.4. The maximum absolute atomic E-state index is 12.5. The van der Waals surface area contributed by atoms with Gasteiger partial charge in [-0.2, -0.15) is 5.26 Å². The monoisotopic (exact) mass is 391 g/mol. The number of amides is 1. The van der Waals surface area contributed by atoms with E-state index in [0.29, 0.717) is 16.9 Å². The smallest absolute Gasteiger partial charge is 0.261 e. The van der Waals surface area contributed by atoms with Crippen LogP contribution in [0, 0.1) is 18.3 Å². The van der Waals surface area contributed by atoms with Crippen LogP contribution in [-0.2, 0) is 10.0 Å². The van der Waals surface area contributed by atoms with Crippen molar-refractivity contribution >= 4 is 27.3 Å². The summed E-state index contributed by atoms with van der Waals surface area (Å²) < 4.78 is 27.5. The average Bonchev–Trinajstić information content (AvgIpc) is 2.70. The number of hydrogen-bond acceptors (Lipinski definition) is 4. The van der Waals surface area contributed by atoms with Gasteiger partial charge in [0.15, 0.2) is 0 Å². The number of carbonyl (C=O) groups excluding carboxylic acids is 1. The van der Waals surface area contributed by atoms with E-state index in [1.165, 1.54) is 24.3 Å². The van der Waals surface area contributed by atoms with Crippen LogP contribution in [0.4, 0.5) is 11.4 Å². The number of carbonyl (C=O) groups is 1. The molecule has 0 radical (unpaired) electrons. The van der Waals surface area contributed by atoms with Gasteiger partial charge in [0.25, 0.3) is 15.9 Å². The lowest BCUT2D eigenvalue weighted by molar-refractivity contribution is 0.102. The van der Waals surface area contributed by atoms with Gasteiger partial charge in [-0.05, 0) is 55.5 Å². The molecule has 7 heteroatoms. The standard InChI is InChI=1S/C21H17N3O3S/c1-15-6-10-18(11-7-15)24-28(26,27)19-12-8-16(9-13-19)21(25)23-20-5-3-2-4-17(20)14-22/h2-13,24H,1H3,(H,23,25). The third kappa shape index (κ3) is 4.37. The van der Waals surface area contributed by atoms with E-state index < -0.39 is 15.9 Å². The Morgan fingerprint density at radius 3 is 2.21 bits per heavy atom. The zero-order valence-electron chi connectivity index (χ0n) is 15.0. The molecule has 2 N–H and O–H groups in total. The lowest BCUT2D eigenvalue weighted by atomic mass is 10.1. The fraction of sp³-hybridized carbons (Fsp3) is 0.0476. The summed E-state index contributed by atoms with van der Waals surface area (Å²) in [4.78, 5) is 12.4. The Balaban J connectivity index is 1.76. The number of aryl methyl sites for hydroxylation is 1. The summed E-state index contributed by atoms with van der Waals surface area (Å²) in [5, 5.41) is 11.7. The van der Waals surface area contributed by atoms with Crippen LogP contribution in [0.2, 0.25) is 0 Å². The number of nitrogens with one attached hydrogen (secondary N) is 2. The van der Waals surface area contributed by atoms with Gasteiger partial charge in [-0.3, -0.25) is 9.52 Å². The second-order valence-corrected chi connectivity index (χ2v) is 7.79. The van der Waals surface area contributed by atoms with Crippen molar-refractivity contribution in [1.29, 1.82) is 5.26 Å². The van der Waals surface area contributed by atoms with Crippen molar-refractivity contribution in [3.05, 3.63) is 89.5 Å². The minimum absolute atomic E-state index is 0.0436. The second-order valence-electron chi connectivity index (χ2n) is 6.11. The lowest BCUT2D eigenvalue weighted by Crippen LogP contribution is -2.15. The van der Waals surface area contributed by atoms with Gasteiger partial charge in [0.1, 0.15) is 6.07 Å². The first kappa shape index (κ1) is 19.1. The molecular formula is C21H17N3O3S. The molecule has 0 aliphatic carbocycles. The summed E-state index contributed by atoms with van der Waals surface area (Å²) in [5.41, 5.74) is 2.50. The highest BCUT2D eigenvalue weighted by Gasteiger charge is 2.16. The van der Waals surface area contributed by atoms with E-state index in [2.05, 4.69) is 10.0 Å². The zero-order chi connectivity index (χ0) is 20.1. The molecule has 0 fully saturated rings. The van der Waals surface area contributed by atoms with Crippen LogP contribution in [0.1, 0.15) is 21.5 Å². The number of nitriles is 1. The molecule has 3 aromatic rings. The van der Waals surface area contributed by atoms with Gasteiger partial charge < -0.3 is 5.32 Å². The highest BCUT2D eigenvalue weighted by Crippen LogP contribution is 2.19. The summed E-state index contributed by atoms with van der Waals surface area (Å²) in [6, 6.07) is 21.2. The van der Waals surface area contributed by atoms with Crippen molar-refractivity contribution in [3.8, 4) is 6.07 Å². The number of nitrogens with zero attached hydrogens (tertiary/aromatic N) is 1. The van der Waals surface area contributed by atoms with E-state index in [4.69, 9.17) is 5.26 Å². The maximum Gasteiger partial charge on any atom is 0.261 e. The number of benzene rings is 3. The molecule has 0 saturated carbocycles. The second kappa shape index (κ2) is 7.94. The molecule has 0 atom stereocenters. The van der Waals surface area contributed by atoms with Gasteiger partial charge in [0.2, 0.25) is 0 Å². The van der Waals surface area contributed by atoms with E-state index in [1.807, 2.05) is 25.1 Å². The number of para-hydroxylation sites is 1. The molecule has 0 saturated heterocycles. The van der Waals surface area contributed by atoms with Crippen LogP contribution < -0.4 is 10.0 Å². The van der Waals surface area contributed by atoms with Crippen molar-refractivity contribution in [2.75, 3.05) is 10.0 Å². The highest BCUT2D eigenvalue weighted by molar-refractivity contribution is 7.92. The number of hydrogen-bond donors (Lipinski definition) is 2. The largest absolute Gasteiger partial charge is 0.321 e. The topological polar surface area (TPSA) is 99.1 Å². The van der Waals surface area contributed by atoms with Crippen molar-refractivity contribution in [2.24, 2.45) is 0 Å². The molecule has 1 amide bonds. The van der Waals surface area contributed by atoms with Crippen molar-refractivity contribution in [3.63, 3.8) is 0 Å². The quantitative estimate of drug-likeness (QED) is 0.688. The Labute approximate surface area is 163 Å². The molecule has 0 aliphatic heterocycles. The molecular weight excluding hydrogens is 374 g/mol. The van der Waals surface area contributed by atoms with E-state index in [1.54, 1.807) is 36.4 Å². The summed E-state index contributed by atoms with van der Waals surface area (Å²) >= 11 is 0.